The van der Waals surface area contributed by atoms with Crippen LogP contribution in [0.2, 0.25) is 0 Å². The van der Waals surface area contributed by atoms with E-state index in [1.54, 1.807) is 0 Å². The molecule has 4 rings (SSSR count). The van der Waals surface area contributed by atoms with Crippen molar-refractivity contribution in [3.8, 4) is 0 Å². The van der Waals surface area contributed by atoms with E-state index in [4.69, 9.17) is 0 Å². The third-order valence-electron chi connectivity index (χ3n) is 5.89. The van der Waals surface area contributed by atoms with Gasteiger partial charge in [-0.25, -0.2) is 0 Å². The molecule has 110 valence electrons. The fraction of sp³-hybridized carbons (Fsp3) is 1.00. The summed E-state index contributed by atoms with van der Waals surface area (Å²) >= 11 is 0. The highest BCUT2D eigenvalue weighted by atomic mass is 16.3. The summed E-state index contributed by atoms with van der Waals surface area (Å²) in [7, 11) is 0. The molecule has 0 amide bonds. The van der Waals surface area contributed by atoms with E-state index in [9.17, 15) is 5.11 Å². The van der Waals surface area contributed by atoms with Crippen LogP contribution in [0.25, 0.3) is 0 Å². The molecule has 2 nitrogen and oxygen atoms in total. The Morgan fingerprint density at radius 1 is 1.05 bits per heavy atom. The minimum Gasteiger partial charge on any atom is -0.395 e. The molecule has 0 aromatic carbocycles. The lowest BCUT2D eigenvalue weighted by molar-refractivity contribution is -0.0835. The molecule has 4 saturated carbocycles. The van der Waals surface area contributed by atoms with Gasteiger partial charge in [0.1, 0.15) is 0 Å². The summed E-state index contributed by atoms with van der Waals surface area (Å²) in [5.74, 6) is 2.91. The number of aliphatic hydroxyl groups is 1. The van der Waals surface area contributed by atoms with Crippen LogP contribution < -0.4 is 5.32 Å². The number of nitrogens with one attached hydrogen (secondary N) is 1. The second-order valence-corrected chi connectivity index (χ2v) is 8.96. The van der Waals surface area contributed by atoms with Crippen molar-refractivity contribution in [2.45, 2.75) is 65.3 Å². The van der Waals surface area contributed by atoms with Gasteiger partial charge in [0.2, 0.25) is 0 Å². The van der Waals surface area contributed by atoms with E-state index >= 15 is 0 Å². The van der Waals surface area contributed by atoms with Gasteiger partial charge in [0, 0.05) is 12.6 Å². The summed E-state index contributed by atoms with van der Waals surface area (Å²) in [6.07, 6.45) is 8.58. The van der Waals surface area contributed by atoms with Gasteiger partial charge in [0.05, 0.1) is 6.61 Å². The second-order valence-electron chi connectivity index (χ2n) is 8.96. The van der Waals surface area contributed by atoms with Crippen molar-refractivity contribution >= 4 is 0 Å². The summed E-state index contributed by atoms with van der Waals surface area (Å²) < 4.78 is 0. The van der Waals surface area contributed by atoms with Crippen LogP contribution in [0.1, 0.15) is 59.3 Å². The molecule has 1 atom stereocenters. The normalized spacial score (nSPS) is 42.6. The third-order valence-corrected chi connectivity index (χ3v) is 5.89. The molecule has 4 aliphatic rings. The van der Waals surface area contributed by atoms with Gasteiger partial charge in [0.25, 0.3) is 0 Å². The Hall–Kier alpha value is -0.0800. The maximum Gasteiger partial charge on any atom is 0.0590 e. The Labute approximate surface area is 118 Å². The molecule has 2 heteroatoms. The van der Waals surface area contributed by atoms with Crippen molar-refractivity contribution in [2.75, 3.05) is 13.2 Å². The first-order valence-corrected chi connectivity index (χ1v) is 8.24. The summed E-state index contributed by atoms with van der Waals surface area (Å²) in [6, 6.07) is 0.333. The largest absolute Gasteiger partial charge is 0.395 e. The Balaban J connectivity index is 1.71. The SMILES string of the molecule is CC(C)(C)CN[C@@H](CO)C12CC3CC(CC(C3)C1)C2. The van der Waals surface area contributed by atoms with Crippen LogP contribution in [0.15, 0.2) is 0 Å². The standard InChI is InChI=1S/C17H31NO/c1-16(2,3)11-18-15(10-19)17-7-12-4-13(8-17)6-14(5-12)9-17/h12-15,18-19H,4-11H2,1-3H3/t12?,13?,14?,15-,17?/m0/s1. The quantitative estimate of drug-likeness (QED) is 0.818. The van der Waals surface area contributed by atoms with Crippen molar-refractivity contribution in [1.29, 1.82) is 0 Å². The van der Waals surface area contributed by atoms with Crippen LogP contribution >= 0.6 is 0 Å². The minimum atomic E-state index is 0.301. The monoisotopic (exact) mass is 265 g/mol. The number of hydrogen-bond acceptors (Lipinski definition) is 2. The highest BCUT2D eigenvalue weighted by Gasteiger charge is 2.53. The number of rotatable bonds is 4. The topological polar surface area (TPSA) is 32.3 Å². The third kappa shape index (κ3) is 2.71. The first-order chi connectivity index (χ1) is 8.90. The summed E-state index contributed by atoms with van der Waals surface area (Å²) in [6.45, 7) is 8.15. The van der Waals surface area contributed by atoms with Crippen molar-refractivity contribution in [1.82, 2.24) is 5.32 Å². The zero-order chi connectivity index (χ0) is 13.7. The smallest absolute Gasteiger partial charge is 0.0590 e. The van der Waals surface area contributed by atoms with Gasteiger partial charge >= 0.3 is 0 Å². The van der Waals surface area contributed by atoms with Crippen LogP contribution in [-0.2, 0) is 0 Å². The van der Waals surface area contributed by atoms with Crippen LogP contribution in [0.4, 0.5) is 0 Å². The molecule has 0 aromatic rings. The van der Waals surface area contributed by atoms with E-state index < -0.39 is 0 Å². The molecule has 4 aliphatic carbocycles. The lowest BCUT2D eigenvalue weighted by Crippen LogP contribution is -2.58. The van der Waals surface area contributed by atoms with Gasteiger partial charge < -0.3 is 10.4 Å². The first kappa shape index (κ1) is 13.9. The molecule has 0 saturated heterocycles. The summed E-state index contributed by atoms with van der Waals surface area (Å²) in [5, 5.41) is 13.6. The molecule has 0 aliphatic heterocycles. The van der Waals surface area contributed by atoms with Crippen LogP contribution in [0, 0.1) is 28.6 Å². The van der Waals surface area contributed by atoms with E-state index in [2.05, 4.69) is 26.1 Å². The Morgan fingerprint density at radius 3 is 1.89 bits per heavy atom. The van der Waals surface area contributed by atoms with E-state index in [-0.39, 0.29) is 0 Å². The lowest BCUT2D eigenvalue weighted by Gasteiger charge is -2.59. The first-order valence-electron chi connectivity index (χ1n) is 8.24. The minimum absolute atomic E-state index is 0.301. The van der Waals surface area contributed by atoms with E-state index in [0.717, 1.165) is 24.3 Å². The van der Waals surface area contributed by atoms with Gasteiger partial charge in [-0.1, -0.05) is 20.8 Å². The molecular weight excluding hydrogens is 234 g/mol. The predicted molar refractivity (Wildman–Crippen MR) is 78.9 cm³/mol. The van der Waals surface area contributed by atoms with Crippen LogP contribution in [0.5, 0.6) is 0 Å². The average molecular weight is 265 g/mol. The van der Waals surface area contributed by atoms with E-state index in [1.165, 1.54) is 38.5 Å². The Bertz CT molecular complexity index is 295. The molecular formula is C17H31NO. The number of aliphatic hydroxyl groups excluding tert-OH is 1. The van der Waals surface area contributed by atoms with Gasteiger partial charge in [-0.15, -0.1) is 0 Å². The van der Waals surface area contributed by atoms with E-state index in [1.807, 2.05) is 0 Å². The van der Waals surface area contributed by atoms with Gasteiger partial charge in [-0.3, -0.25) is 0 Å². The Kier molecular flexibility index (Phi) is 3.46. The summed E-state index contributed by atoms with van der Waals surface area (Å²) in [4.78, 5) is 0. The predicted octanol–water partition coefficient (Wildman–Crippen LogP) is 3.20. The maximum absolute atomic E-state index is 9.92. The highest BCUT2D eigenvalue weighted by Crippen LogP contribution is 2.61. The average Bonchev–Trinajstić information content (AvgIpc) is 2.25. The van der Waals surface area contributed by atoms with Crippen LogP contribution in [-0.4, -0.2) is 24.3 Å². The fourth-order valence-electron chi connectivity index (χ4n) is 5.51. The number of hydrogen-bond donors (Lipinski definition) is 2. The van der Waals surface area contributed by atoms with Crippen molar-refractivity contribution in [2.24, 2.45) is 28.6 Å². The van der Waals surface area contributed by atoms with Crippen molar-refractivity contribution in [3.63, 3.8) is 0 Å². The van der Waals surface area contributed by atoms with Gasteiger partial charge in [-0.05, 0) is 67.1 Å². The summed E-state index contributed by atoms with van der Waals surface area (Å²) in [5.41, 5.74) is 0.727. The molecule has 0 aromatic heterocycles. The molecule has 0 radical (unpaired) electrons. The Morgan fingerprint density at radius 2 is 1.53 bits per heavy atom. The van der Waals surface area contributed by atoms with Gasteiger partial charge in [0.15, 0.2) is 0 Å². The van der Waals surface area contributed by atoms with Gasteiger partial charge in [-0.2, -0.15) is 0 Å². The van der Waals surface area contributed by atoms with Crippen LogP contribution in [0.3, 0.4) is 0 Å². The zero-order valence-electron chi connectivity index (χ0n) is 12.9. The molecule has 4 bridgehead atoms. The molecule has 4 fully saturated rings. The highest BCUT2D eigenvalue weighted by molar-refractivity contribution is 5.06. The lowest BCUT2D eigenvalue weighted by atomic mass is 9.47. The maximum atomic E-state index is 9.92. The zero-order valence-corrected chi connectivity index (χ0v) is 12.9. The second kappa shape index (κ2) is 4.73. The van der Waals surface area contributed by atoms with Crippen molar-refractivity contribution in [3.05, 3.63) is 0 Å². The molecule has 2 N–H and O–H groups in total. The van der Waals surface area contributed by atoms with E-state index in [0.29, 0.717) is 23.5 Å². The van der Waals surface area contributed by atoms with Crippen molar-refractivity contribution < 1.29 is 5.11 Å². The molecule has 19 heavy (non-hydrogen) atoms. The molecule has 0 unspecified atom stereocenters. The fourth-order valence-corrected chi connectivity index (χ4v) is 5.51. The molecule has 0 heterocycles. The molecule has 0 spiro atoms.